The third kappa shape index (κ3) is 5.08. The molecule has 1 amide bonds. The smallest absolute Gasteiger partial charge is 0.410 e. The zero-order valence-electron chi connectivity index (χ0n) is 20.2. The molecule has 1 aliphatic rings. The lowest BCUT2D eigenvalue weighted by Crippen LogP contribution is -2.67. The molecule has 174 valence electrons. The number of carbonyl (C=O) groups is 1. The first-order valence-electron chi connectivity index (χ1n) is 11.4. The van der Waals surface area contributed by atoms with Crippen LogP contribution < -0.4 is 10.4 Å². The molecule has 0 radical (unpaired) electrons. The molecule has 0 aliphatic carbocycles. The van der Waals surface area contributed by atoms with Gasteiger partial charge in [-0.15, -0.1) is 0 Å². The number of aliphatic hydroxyl groups excluding tert-OH is 1. The number of hydrogen-bond donors (Lipinski definition) is 1. The molecule has 6 heteroatoms. The van der Waals surface area contributed by atoms with Crippen LogP contribution in [0.25, 0.3) is 0 Å². The highest BCUT2D eigenvalue weighted by molar-refractivity contribution is 6.99. The minimum Gasteiger partial charge on any atom is -0.444 e. The summed E-state index contributed by atoms with van der Waals surface area (Å²) in [5, 5.41) is 12.9. The number of rotatable bonds is 5. The van der Waals surface area contributed by atoms with Gasteiger partial charge in [0, 0.05) is 6.54 Å². The van der Waals surface area contributed by atoms with Crippen molar-refractivity contribution in [2.45, 2.75) is 70.7 Å². The number of nitrogens with zero attached hydrogens (tertiary/aromatic N) is 1. The second kappa shape index (κ2) is 9.38. The summed E-state index contributed by atoms with van der Waals surface area (Å²) in [6.07, 6.45) is -0.514. The topological polar surface area (TPSA) is 59.0 Å². The Bertz CT molecular complexity index is 850. The summed E-state index contributed by atoms with van der Waals surface area (Å²) in [7, 11) is -2.75. The van der Waals surface area contributed by atoms with Gasteiger partial charge in [-0.1, -0.05) is 81.4 Å². The maximum absolute atomic E-state index is 12.8. The second-order valence-corrected chi connectivity index (χ2v) is 14.9. The Kier molecular flexibility index (Phi) is 7.17. The summed E-state index contributed by atoms with van der Waals surface area (Å²) < 4.78 is 12.6. The molecule has 1 saturated heterocycles. The fourth-order valence-corrected chi connectivity index (χ4v) is 9.13. The van der Waals surface area contributed by atoms with Crippen LogP contribution in [0.15, 0.2) is 60.7 Å². The third-order valence-electron chi connectivity index (χ3n) is 6.03. The van der Waals surface area contributed by atoms with Crippen molar-refractivity contribution in [1.82, 2.24) is 4.90 Å². The number of likely N-dealkylation sites (tertiary alicyclic amines) is 1. The lowest BCUT2D eigenvalue weighted by molar-refractivity contribution is 0.00794. The molecule has 0 spiro atoms. The molecule has 2 atom stereocenters. The van der Waals surface area contributed by atoms with Crippen LogP contribution in [0, 0.1) is 0 Å². The Morgan fingerprint density at radius 1 is 0.969 bits per heavy atom. The van der Waals surface area contributed by atoms with Gasteiger partial charge in [0.2, 0.25) is 0 Å². The SMILES string of the molecule is CC(C)(C)OC(=O)N1CC[C@@H](O)[C@@H]1CO[Si](c1ccccc1)(c1ccccc1)C(C)(C)C. The first-order chi connectivity index (χ1) is 15.0. The largest absolute Gasteiger partial charge is 0.444 e. The predicted molar refractivity (Wildman–Crippen MR) is 131 cm³/mol. The summed E-state index contributed by atoms with van der Waals surface area (Å²) in [5.74, 6) is 0. The Balaban J connectivity index is 1.98. The summed E-state index contributed by atoms with van der Waals surface area (Å²) in [6, 6.07) is 20.3. The van der Waals surface area contributed by atoms with Crippen molar-refractivity contribution in [3.8, 4) is 0 Å². The number of benzene rings is 2. The molecular weight excluding hydrogens is 418 g/mol. The zero-order valence-corrected chi connectivity index (χ0v) is 21.2. The van der Waals surface area contributed by atoms with Crippen LogP contribution in [-0.4, -0.2) is 55.3 Å². The number of aliphatic hydroxyl groups is 1. The van der Waals surface area contributed by atoms with E-state index < -0.39 is 32.2 Å². The van der Waals surface area contributed by atoms with E-state index in [9.17, 15) is 9.90 Å². The molecule has 2 aromatic carbocycles. The van der Waals surface area contributed by atoms with Crippen molar-refractivity contribution in [1.29, 1.82) is 0 Å². The standard InChI is InChI=1S/C26H37NO4Si/c1-25(2,3)31-24(29)27-18-17-23(28)22(27)19-30-32(26(4,5)6,20-13-9-7-10-14-20)21-15-11-8-12-16-21/h7-16,22-23,28H,17-19H2,1-6H3/t22-,23+/m0/s1. The maximum Gasteiger partial charge on any atom is 0.410 e. The highest BCUT2D eigenvalue weighted by atomic mass is 28.4. The van der Waals surface area contributed by atoms with Crippen molar-refractivity contribution < 1.29 is 19.1 Å². The molecule has 1 aliphatic heterocycles. The van der Waals surface area contributed by atoms with E-state index in [0.29, 0.717) is 13.0 Å². The van der Waals surface area contributed by atoms with E-state index in [4.69, 9.17) is 9.16 Å². The van der Waals surface area contributed by atoms with Gasteiger partial charge in [-0.3, -0.25) is 0 Å². The van der Waals surface area contributed by atoms with Crippen LogP contribution >= 0.6 is 0 Å². The van der Waals surface area contributed by atoms with Crippen LogP contribution in [0.2, 0.25) is 5.04 Å². The summed E-state index contributed by atoms with van der Waals surface area (Å²) in [5.41, 5.74) is -0.589. The molecular formula is C26H37NO4Si. The van der Waals surface area contributed by atoms with Crippen LogP contribution in [0.1, 0.15) is 48.0 Å². The van der Waals surface area contributed by atoms with Gasteiger partial charge in [0.05, 0.1) is 18.8 Å². The molecule has 1 N–H and O–H groups in total. The fraction of sp³-hybridized carbons (Fsp3) is 0.500. The Labute approximate surface area is 193 Å². The van der Waals surface area contributed by atoms with Crippen LogP contribution in [-0.2, 0) is 9.16 Å². The summed E-state index contributed by atoms with van der Waals surface area (Å²) in [4.78, 5) is 14.5. The first-order valence-corrected chi connectivity index (χ1v) is 13.3. The Morgan fingerprint density at radius 3 is 1.91 bits per heavy atom. The molecule has 1 heterocycles. The number of hydrogen-bond acceptors (Lipinski definition) is 4. The van der Waals surface area contributed by atoms with Crippen molar-refractivity contribution in [2.24, 2.45) is 0 Å². The van der Waals surface area contributed by atoms with Crippen molar-refractivity contribution >= 4 is 24.8 Å². The number of amides is 1. The van der Waals surface area contributed by atoms with E-state index in [2.05, 4.69) is 45.0 Å². The van der Waals surface area contributed by atoms with Gasteiger partial charge in [-0.25, -0.2) is 4.79 Å². The van der Waals surface area contributed by atoms with Crippen molar-refractivity contribution in [2.75, 3.05) is 13.2 Å². The van der Waals surface area contributed by atoms with Crippen LogP contribution in [0.5, 0.6) is 0 Å². The van der Waals surface area contributed by atoms with Crippen LogP contribution in [0.3, 0.4) is 0 Å². The molecule has 3 rings (SSSR count). The summed E-state index contributed by atoms with van der Waals surface area (Å²) >= 11 is 0. The minimum atomic E-state index is -2.75. The van der Waals surface area contributed by atoms with Gasteiger partial charge >= 0.3 is 6.09 Å². The van der Waals surface area contributed by atoms with E-state index in [1.165, 1.54) is 10.4 Å². The molecule has 32 heavy (non-hydrogen) atoms. The van der Waals surface area contributed by atoms with Gasteiger partial charge in [0.1, 0.15) is 5.60 Å². The predicted octanol–water partition coefficient (Wildman–Crippen LogP) is 3.93. The van der Waals surface area contributed by atoms with Gasteiger partial charge in [-0.2, -0.15) is 0 Å². The quantitative estimate of drug-likeness (QED) is 0.694. The number of carbonyl (C=O) groups excluding carboxylic acids is 1. The summed E-state index contributed by atoms with van der Waals surface area (Å²) in [6.45, 7) is 12.9. The van der Waals surface area contributed by atoms with Gasteiger partial charge < -0.3 is 19.2 Å². The van der Waals surface area contributed by atoms with Crippen molar-refractivity contribution in [3.63, 3.8) is 0 Å². The van der Waals surface area contributed by atoms with Crippen molar-refractivity contribution in [3.05, 3.63) is 60.7 Å². The van der Waals surface area contributed by atoms with E-state index in [-0.39, 0.29) is 11.6 Å². The molecule has 0 aromatic heterocycles. The monoisotopic (exact) mass is 455 g/mol. The molecule has 1 fully saturated rings. The molecule has 0 saturated carbocycles. The Morgan fingerprint density at radius 2 is 1.47 bits per heavy atom. The maximum atomic E-state index is 12.8. The Hall–Kier alpha value is -2.15. The number of ether oxygens (including phenoxy) is 1. The second-order valence-electron chi connectivity index (χ2n) is 10.6. The third-order valence-corrected chi connectivity index (χ3v) is 11.0. The minimum absolute atomic E-state index is 0.171. The molecule has 0 bridgehead atoms. The van der Waals surface area contributed by atoms with E-state index in [1.54, 1.807) is 4.90 Å². The van der Waals surface area contributed by atoms with E-state index in [1.807, 2.05) is 57.2 Å². The normalized spacial score (nSPS) is 19.8. The highest BCUT2D eigenvalue weighted by Gasteiger charge is 2.51. The van der Waals surface area contributed by atoms with Crippen LogP contribution in [0.4, 0.5) is 4.79 Å². The van der Waals surface area contributed by atoms with E-state index in [0.717, 1.165) is 0 Å². The average molecular weight is 456 g/mol. The zero-order chi connectivity index (χ0) is 23.6. The molecule has 0 unspecified atom stereocenters. The van der Waals surface area contributed by atoms with Gasteiger partial charge in [0.15, 0.2) is 0 Å². The first kappa shape index (κ1) is 24.5. The van der Waals surface area contributed by atoms with Gasteiger partial charge in [0.25, 0.3) is 8.32 Å². The average Bonchev–Trinajstić information content (AvgIpc) is 3.08. The lowest BCUT2D eigenvalue weighted by atomic mass is 10.2. The molecule has 5 nitrogen and oxygen atoms in total. The highest BCUT2D eigenvalue weighted by Crippen LogP contribution is 2.37. The fourth-order valence-electron chi connectivity index (χ4n) is 4.56. The van der Waals surface area contributed by atoms with Gasteiger partial charge in [-0.05, 0) is 42.6 Å². The molecule has 2 aromatic rings. The lowest BCUT2D eigenvalue weighted by Gasteiger charge is -2.44. The van der Waals surface area contributed by atoms with E-state index >= 15 is 0 Å².